The Bertz CT molecular complexity index is 1000. The molecule has 0 atom stereocenters. The maximum Gasteiger partial charge on any atom is 0.142 e. The third kappa shape index (κ3) is 3.49. The number of anilines is 1. The van der Waals surface area contributed by atoms with E-state index in [2.05, 4.69) is 34.6 Å². The number of aryl methyl sites for hydroxylation is 1. The highest BCUT2D eigenvalue weighted by molar-refractivity contribution is 7.80. The average molecular weight is 400 g/mol. The molecule has 0 aliphatic rings. The summed E-state index contributed by atoms with van der Waals surface area (Å²) < 4.78 is 5.50. The standard InChI is InChI=1S/C21H25N3O3S/c1-5-12-9-14(17(26)11-16(12)25)20-19(21(28)23-22-20)13-7-8-18(27-4)15(10-13)24(3)6-2/h7-11,25-26H,5-6H2,1-4H3,(H2,22,23,28). The minimum Gasteiger partial charge on any atom is -0.508 e. The molecule has 3 aromatic rings. The second-order valence-electron chi connectivity index (χ2n) is 6.55. The fourth-order valence-corrected chi connectivity index (χ4v) is 3.51. The molecule has 3 rings (SSSR count). The second-order valence-corrected chi connectivity index (χ2v) is 6.97. The van der Waals surface area contributed by atoms with E-state index >= 15 is 0 Å². The van der Waals surface area contributed by atoms with Crippen LogP contribution in [0.25, 0.3) is 22.4 Å². The molecule has 3 N–H and O–H groups in total. The number of hydrogen-bond donors (Lipinski definition) is 4. The summed E-state index contributed by atoms with van der Waals surface area (Å²) in [5.41, 5.74) is 4.59. The van der Waals surface area contributed by atoms with Crippen molar-refractivity contribution >= 4 is 18.3 Å². The molecule has 0 radical (unpaired) electrons. The predicted octanol–water partition coefficient (Wildman–Crippen LogP) is 4.47. The third-order valence-corrected chi connectivity index (χ3v) is 5.27. The van der Waals surface area contributed by atoms with E-state index < -0.39 is 0 Å². The number of benzene rings is 2. The van der Waals surface area contributed by atoms with E-state index in [0.29, 0.717) is 22.7 Å². The van der Waals surface area contributed by atoms with E-state index in [1.54, 1.807) is 13.2 Å². The number of aromatic hydroxyl groups is 2. The lowest BCUT2D eigenvalue weighted by Crippen LogP contribution is -2.16. The number of phenolic OH excluding ortho intramolecular Hbond substituents is 2. The van der Waals surface area contributed by atoms with Crippen molar-refractivity contribution in [3.05, 3.63) is 35.9 Å². The highest BCUT2D eigenvalue weighted by atomic mass is 32.1. The Morgan fingerprint density at radius 2 is 1.89 bits per heavy atom. The summed E-state index contributed by atoms with van der Waals surface area (Å²) in [4.78, 5) is 2.09. The molecule has 7 heteroatoms. The van der Waals surface area contributed by atoms with Gasteiger partial charge < -0.3 is 19.8 Å². The molecule has 0 spiro atoms. The SMILES string of the molecule is CCc1cc(-c2[nH]nc(S)c2-c2ccc(OC)c(N(C)CC)c2)c(O)cc1O. The number of ether oxygens (including phenoxy) is 1. The fourth-order valence-electron chi connectivity index (χ4n) is 3.22. The van der Waals surface area contributed by atoms with Crippen LogP contribution in [0, 0.1) is 0 Å². The van der Waals surface area contributed by atoms with Crippen LogP contribution < -0.4 is 9.64 Å². The first-order valence-electron chi connectivity index (χ1n) is 9.13. The highest BCUT2D eigenvalue weighted by Crippen LogP contribution is 2.43. The Kier molecular flexibility index (Phi) is 5.74. The maximum atomic E-state index is 10.4. The summed E-state index contributed by atoms with van der Waals surface area (Å²) in [5.74, 6) is 0.833. The maximum absolute atomic E-state index is 10.4. The highest BCUT2D eigenvalue weighted by Gasteiger charge is 2.20. The molecule has 0 aliphatic heterocycles. The van der Waals surface area contributed by atoms with Crippen molar-refractivity contribution in [2.45, 2.75) is 25.3 Å². The van der Waals surface area contributed by atoms with E-state index in [1.807, 2.05) is 32.2 Å². The molecule has 0 saturated heterocycles. The molecule has 148 valence electrons. The van der Waals surface area contributed by atoms with Crippen LogP contribution in [-0.2, 0) is 6.42 Å². The molecule has 0 aliphatic carbocycles. The summed E-state index contributed by atoms with van der Waals surface area (Å²) in [6.07, 6.45) is 0.643. The van der Waals surface area contributed by atoms with Gasteiger partial charge in [-0.1, -0.05) is 13.0 Å². The zero-order valence-corrected chi connectivity index (χ0v) is 17.3. The Labute approximate surface area is 170 Å². The fraction of sp³-hybridized carbons (Fsp3) is 0.286. The predicted molar refractivity (Wildman–Crippen MR) is 115 cm³/mol. The van der Waals surface area contributed by atoms with Crippen molar-refractivity contribution in [3.63, 3.8) is 0 Å². The number of thiol groups is 1. The summed E-state index contributed by atoms with van der Waals surface area (Å²) in [5, 5.41) is 28.2. The van der Waals surface area contributed by atoms with Crippen LogP contribution in [0.1, 0.15) is 19.4 Å². The van der Waals surface area contributed by atoms with Crippen molar-refractivity contribution in [2.75, 3.05) is 25.6 Å². The van der Waals surface area contributed by atoms with E-state index in [0.717, 1.165) is 34.7 Å². The lowest BCUT2D eigenvalue weighted by atomic mass is 9.98. The molecule has 0 bridgehead atoms. The van der Waals surface area contributed by atoms with Crippen LogP contribution in [0.2, 0.25) is 0 Å². The minimum atomic E-state index is -0.0210. The van der Waals surface area contributed by atoms with Gasteiger partial charge in [0.25, 0.3) is 0 Å². The summed E-state index contributed by atoms with van der Waals surface area (Å²) in [6, 6.07) is 9.01. The minimum absolute atomic E-state index is 0.0210. The quantitative estimate of drug-likeness (QED) is 0.460. The summed E-state index contributed by atoms with van der Waals surface area (Å²) in [7, 11) is 3.65. The van der Waals surface area contributed by atoms with Gasteiger partial charge in [0, 0.05) is 30.8 Å². The molecular weight excluding hydrogens is 374 g/mol. The van der Waals surface area contributed by atoms with Gasteiger partial charge in [-0.05, 0) is 42.7 Å². The molecule has 0 unspecified atom stereocenters. The number of rotatable bonds is 6. The van der Waals surface area contributed by atoms with Gasteiger partial charge in [0.15, 0.2) is 0 Å². The van der Waals surface area contributed by atoms with Gasteiger partial charge >= 0.3 is 0 Å². The van der Waals surface area contributed by atoms with E-state index in [9.17, 15) is 10.2 Å². The number of H-pyrrole nitrogens is 1. The van der Waals surface area contributed by atoms with E-state index in [4.69, 9.17) is 4.74 Å². The molecule has 0 amide bonds. The van der Waals surface area contributed by atoms with Crippen LogP contribution in [0.4, 0.5) is 5.69 Å². The molecule has 0 fully saturated rings. The number of nitrogens with one attached hydrogen (secondary N) is 1. The molecule has 1 heterocycles. The van der Waals surface area contributed by atoms with Crippen molar-refractivity contribution in [2.24, 2.45) is 0 Å². The van der Waals surface area contributed by atoms with Gasteiger partial charge in [-0.2, -0.15) is 5.10 Å². The molecule has 0 saturated carbocycles. The van der Waals surface area contributed by atoms with E-state index in [1.165, 1.54) is 6.07 Å². The van der Waals surface area contributed by atoms with Gasteiger partial charge in [-0.15, -0.1) is 12.6 Å². The Hall–Kier alpha value is -2.80. The smallest absolute Gasteiger partial charge is 0.142 e. The molecule has 28 heavy (non-hydrogen) atoms. The van der Waals surface area contributed by atoms with Crippen LogP contribution in [0.3, 0.4) is 0 Å². The number of methoxy groups -OCH3 is 1. The largest absolute Gasteiger partial charge is 0.508 e. The van der Waals surface area contributed by atoms with Crippen molar-refractivity contribution in [3.8, 4) is 39.6 Å². The number of aromatic nitrogens is 2. The lowest BCUT2D eigenvalue weighted by Gasteiger charge is -2.21. The van der Waals surface area contributed by atoms with Crippen molar-refractivity contribution in [1.82, 2.24) is 10.2 Å². The van der Waals surface area contributed by atoms with Crippen LogP contribution in [0.5, 0.6) is 17.2 Å². The van der Waals surface area contributed by atoms with E-state index in [-0.39, 0.29) is 11.5 Å². The van der Waals surface area contributed by atoms with Gasteiger partial charge in [0.1, 0.15) is 22.3 Å². The number of nitrogens with zero attached hydrogens (tertiary/aromatic N) is 2. The van der Waals surface area contributed by atoms with Gasteiger partial charge in [-0.25, -0.2) is 0 Å². The Morgan fingerprint density at radius 3 is 2.54 bits per heavy atom. The van der Waals surface area contributed by atoms with Crippen LogP contribution in [0.15, 0.2) is 35.4 Å². The third-order valence-electron chi connectivity index (χ3n) is 4.95. The van der Waals surface area contributed by atoms with Gasteiger partial charge in [-0.3, -0.25) is 5.10 Å². The summed E-state index contributed by atoms with van der Waals surface area (Å²) in [6.45, 7) is 4.84. The molecular formula is C21H25N3O3S. The Balaban J connectivity index is 2.20. The van der Waals surface area contributed by atoms with Crippen LogP contribution in [-0.4, -0.2) is 41.1 Å². The number of aromatic amines is 1. The zero-order chi connectivity index (χ0) is 20.4. The average Bonchev–Trinajstić information content (AvgIpc) is 3.08. The first-order chi connectivity index (χ1) is 13.4. The molecule has 2 aromatic carbocycles. The van der Waals surface area contributed by atoms with Gasteiger partial charge in [0.05, 0.1) is 18.5 Å². The normalized spacial score (nSPS) is 10.9. The zero-order valence-electron chi connectivity index (χ0n) is 16.4. The van der Waals surface area contributed by atoms with Crippen molar-refractivity contribution in [1.29, 1.82) is 0 Å². The number of hydrogen-bond acceptors (Lipinski definition) is 6. The lowest BCUT2D eigenvalue weighted by molar-refractivity contribution is 0.415. The molecule has 6 nitrogen and oxygen atoms in total. The molecule has 1 aromatic heterocycles. The first-order valence-corrected chi connectivity index (χ1v) is 9.58. The Morgan fingerprint density at radius 1 is 1.14 bits per heavy atom. The second kappa shape index (κ2) is 8.06. The summed E-state index contributed by atoms with van der Waals surface area (Å²) >= 11 is 4.52. The van der Waals surface area contributed by atoms with Crippen molar-refractivity contribution < 1.29 is 14.9 Å². The first kappa shape index (κ1) is 19.9. The number of phenols is 2. The monoisotopic (exact) mass is 399 g/mol. The van der Waals surface area contributed by atoms with Gasteiger partial charge in [0.2, 0.25) is 0 Å². The van der Waals surface area contributed by atoms with Crippen LogP contribution >= 0.6 is 12.6 Å². The topological polar surface area (TPSA) is 81.6 Å².